The minimum absolute atomic E-state index is 0.172. The van der Waals surface area contributed by atoms with Crippen molar-refractivity contribution in [2.45, 2.75) is 13.3 Å². The third-order valence-corrected chi connectivity index (χ3v) is 4.23. The van der Waals surface area contributed by atoms with E-state index in [1.807, 2.05) is 42.6 Å². The van der Waals surface area contributed by atoms with Crippen LogP contribution in [0.3, 0.4) is 0 Å². The number of aryl methyl sites for hydroxylation is 1. The second-order valence-corrected chi connectivity index (χ2v) is 5.45. The van der Waals surface area contributed by atoms with Crippen molar-refractivity contribution in [1.29, 1.82) is 0 Å². The molecule has 0 saturated heterocycles. The molecule has 0 amide bonds. The summed E-state index contributed by atoms with van der Waals surface area (Å²) in [5, 5.41) is 1.92. The van der Waals surface area contributed by atoms with Crippen LogP contribution in [0.2, 0.25) is 0 Å². The summed E-state index contributed by atoms with van der Waals surface area (Å²) in [6.45, 7) is 2.04. The number of hydrogen-bond acceptors (Lipinski definition) is 2. The number of carbonyl (C=O) groups excluding carboxylic acids is 1. The lowest BCUT2D eigenvalue weighted by Crippen LogP contribution is -2.01. The first kappa shape index (κ1) is 11.6. The van der Waals surface area contributed by atoms with Gasteiger partial charge in [-0.05, 0) is 39.9 Å². The fourth-order valence-corrected chi connectivity index (χ4v) is 3.00. The molecule has 16 heavy (non-hydrogen) atoms. The average Bonchev–Trinajstić information content (AvgIpc) is 2.68. The molecule has 1 heterocycles. The Balaban J connectivity index is 2.14. The first-order chi connectivity index (χ1) is 7.66. The van der Waals surface area contributed by atoms with Crippen LogP contribution in [0, 0.1) is 6.92 Å². The Kier molecular flexibility index (Phi) is 3.56. The zero-order valence-corrected chi connectivity index (χ0v) is 11.3. The summed E-state index contributed by atoms with van der Waals surface area (Å²) in [6.07, 6.45) is 0.472. The molecule has 0 saturated carbocycles. The fourth-order valence-electron chi connectivity index (χ4n) is 1.46. The average molecular weight is 295 g/mol. The minimum Gasteiger partial charge on any atom is -0.293 e. The van der Waals surface area contributed by atoms with Gasteiger partial charge in [0.25, 0.3) is 0 Å². The zero-order valence-electron chi connectivity index (χ0n) is 8.87. The maximum atomic E-state index is 12.0. The predicted octanol–water partition coefficient (Wildman–Crippen LogP) is 4.24. The second-order valence-electron chi connectivity index (χ2n) is 3.68. The van der Waals surface area contributed by atoms with E-state index in [1.54, 1.807) is 0 Å². The highest BCUT2D eigenvalue weighted by Crippen LogP contribution is 2.24. The minimum atomic E-state index is 0.172. The van der Waals surface area contributed by atoms with Gasteiger partial charge in [0, 0.05) is 10.9 Å². The van der Waals surface area contributed by atoms with E-state index in [2.05, 4.69) is 15.9 Å². The highest BCUT2D eigenvalue weighted by molar-refractivity contribution is 9.10. The first-order valence-electron chi connectivity index (χ1n) is 4.98. The highest BCUT2D eigenvalue weighted by Gasteiger charge is 2.11. The number of benzene rings is 1. The van der Waals surface area contributed by atoms with Crippen LogP contribution < -0.4 is 0 Å². The molecule has 1 nitrogen and oxygen atoms in total. The topological polar surface area (TPSA) is 17.1 Å². The molecule has 3 heteroatoms. The zero-order chi connectivity index (χ0) is 11.5. The summed E-state index contributed by atoms with van der Waals surface area (Å²) in [7, 11) is 0. The Morgan fingerprint density at radius 2 is 1.94 bits per heavy atom. The summed E-state index contributed by atoms with van der Waals surface area (Å²) < 4.78 is 0.898. The monoisotopic (exact) mass is 294 g/mol. The van der Waals surface area contributed by atoms with E-state index in [4.69, 9.17) is 0 Å². The normalized spacial score (nSPS) is 10.4. The van der Waals surface area contributed by atoms with Crippen LogP contribution in [-0.4, -0.2) is 5.78 Å². The van der Waals surface area contributed by atoms with Gasteiger partial charge in [-0.1, -0.05) is 29.8 Å². The van der Waals surface area contributed by atoms with Crippen LogP contribution in [0.1, 0.15) is 20.8 Å². The molecule has 0 unspecified atom stereocenters. The Labute approximate surface area is 107 Å². The van der Waals surface area contributed by atoms with Crippen molar-refractivity contribution in [3.8, 4) is 0 Å². The van der Waals surface area contributed by atoms with E-state index in [1.165, 1.54) is 16.9 Å². The van der Waals surface area contributed by atoms with Gasteiger partial charge >= 0.3 is 0 Å². The van der Waals surface area contributed by atoms with Gasteiger partial charge in [0.15, 0.2) is 5.78 Å². The number of ketones is 1. The van der Waals surface area contributed by atoms with Gasteiger partial charge in [-0.25, -0.2) is 0 Å². The van der Waals surface area contributed by atoms with Crippen LogP contribution in [0.15, 0.2) is 40.2 Å². The van der Waals surface area contributed by atoms with Crippen molar-refractivity contribution >= 4 is 33.0 Å². The Bertz CT molecular complexity index is 499. The van der Waals surface area contributed by atoms with E-state index in [-0.39, 0.29) is 5.78 Å². The van der Waals surface area contributed by atoms with Gasteiger partial charge in [-0.15, -0.1) is 11.3 Å². The van der Waals surface area contributed by atoms with Gasteiger partial charge in [0.2, 0.25) is 0 Å². The number of rotatable bonds is 3. The molecule has 0 bridgehead atoms. The lowest BCUT2D eigenvalue weighted by atomic mass is 10.1. The van der Waals surface area contributed by atoms with Crippen molar-refractivity contribution in [1.82, 2.24) is 0 Å². The summed E-state index contributed by atoms with van der Waals surface area (Å²) in [6, 6.07) is 9.99. The van der Waals surface area contributed by atoms with E-state index < -0.39 is 0 Å². The smallest absolute Gasteiger partial charge is 0.178 e. The Morgan fingerprint density at radius 3 is 2.50 bits per heavy atom. The molecule has 1 aromatic carbocycles. The molecule has 0 atom stereocenters. The Hall–Kier alpha value is -0.930. The lowest BCUT2D eigenvalue weighted by Gasteiger charge is -2.00. The van der Waals surface area contributed by atoms with Crippen LogP contribution in [-0.2, 0) is 6.42 Å². The van der Waals surface area contributed by atoms with Gasteiger partial charge in [-0.3, -0.25) is 4.79 Å². The van der Waals surface area contributed by atoms with E-state index in [0.717, 1.165) is 14.9 Å². The Morgan fingerprint density at radius 1 is 1.25 bits per heavy atom. The molecule has 1 aromatic heterocycles. The molecule has 0 aliphatic carbocycles. The number of Topliss-reactive ketones (excluding diaryl/α,β-unsaturated/α-hetero) is 1. The van der Waals surface area contributed by atoms with E-state index in [9.17, 15) is 4.79 Å². The molecule has 2 rings (SSSR count). The first-order valence-corrected chi connectivity index (χ1v) is 6.66. The molecule has 0 spiro atoms. The third-order valence-electron chi connectivity index (χ3n) is 2.36. The standard InChI is InChI=1S/C13H11BrOS/c1-9-2-4-10(5-3-9)8-12(15)13-11(14)6-7-16-13/h2-7H,8H2,1H3. The lowest BCUT2D eigenvalue weighted by molar-refractivity contribution is 0.0996. The fraction of sp³-hybridized carbons (Fsp3) is 0.154. The van der Waals surface area contributed by atoms with Gasteiger partial charge < -0.3 is 0 Å². The van der Waals surface area contributed by atoms with Crippen molar-refractivity contribution in [3.63, 3.8) is 0 Å². The summed E-state index contributed by atoms with van der Waals surface area (Å²) in [5.74, 6) is 0.172. The maximum absolute atomic E-state index is 12.0. The molecule has 0 fully saturated rings. The maximum Gasteiger partial charge on any atom is 0.178 e. The van der Waals surface area contributed by atoms with Gasteiger partial charge in [0.1, 0.15) is 0 Å². The molecule has 82 valence electrons. The van der Waals surface area contributed by atoms with Crippen molar-refractivity contribution in [3.05, 3.63) is 56.2 Å². The van der Waals surface area contributed by atoms with Crippen LogP contribution >= 0.6 is 27.3 Å². The molecular formula is C13H11BrOS. The van der Waals surface area contributed by atoms with Gasteiger partial charge in [-0.2, -0.15) is 0 Å². The highest BCUT2D eigenvalue weighted by atomic mass is 79.9. The second kappa shape index (κ2) is 4.93. The van der Waals surface area contributed by atoms with Crippen molar-refractivity contribution in [2.75, 3.05) is 0 Å². The molecule has 0 N–H and O–H groups in total. The quantitative estimate of drug-likeness (QED) is 0.774. The van der Waals surface area contributed by atoms with Crippen molar-refractivity contribution in [2.24, 2.45) is 0 Å². The SMILES string of the molecule is Cc1ccc(CC(=O)c2sccc2Br)cc1. The van der Waals surface area contributed by atoms with Crippen LogP contribution in [0.4, 0.5) is 0 Å². The largest absolute Gasteiger partial charge is 0.293 e. The molecule has 0 radical (unpaired) electrons. The van der Waals surface area contributed by atoms with Crippen LogP contribution in [0.5, 0.6) is 0 Å². The van der Waals surface area contributed by atoms with Crippen LogP contribution in [0.25, 0.3) is 0 Å². The van der Waals surface area contributed by atoms with Gasteiger partial charge in [0.05, 0.1) is 4.88 Å². The van der Waals surface area contributed by atoms with E-state index in [0.29, 0.717) is 6.42 Å². The number of carbonyl (C=O) groups is 1. The summed E-state index contributed by atoms with van der Waals surface area (Å²) in [5.41, 5.74) is 2.28. The molecular weight excluding hydrogens is 284 g/mol. The number of hydrogen-bond donors (Lipinski definition) is 0. The number of halogens is 1. The summed E-state index contributed by atoms with van der Waals surface area (Å²) in [4.78, 5) is 12.8. The van der Waals surface area contributed by atoms with Crippen molar-refractivity contribution < 1.29 is 4.79 Å². The molecule has 2 aromatic rings. The molecule has 0 aliphatic heterocycles. The number of thiophene rings is 1. The predicted molar refractivity (Wildman–Crippen MR) is 71.2 cm³/mol. The molecule has 0 aliphatic rings. The summed E-state index contributed by atoms with van der Waals surface area (Å²) >= 11 is 4.87. The van der Waals surface area contributed by atoms with E-state index >= 15 is 0 Å². The third kappa shape index (κ3) is 2.60.